The lowest BCUT2D eigenvalue weighted by Crippen LogP contribution is -2.33. The maximum Gasteiger partial charge on any atom is 0.246 e. The van der Waals surface area contributed by atoms with Gasteiger partial charge in [-0.1, -0.05) is 24.3 Å². The topological polar surface area (TPSA) is 37.4 Å². The van der Waals surface area contributed by atoms with Crippen molar-refractivity contribution in [2.75, 3.05) is 18.8 Å². The van der Waals surface area contributed by atoms with Gasteiger partial charge in [-0.15, -0.1) is 0 Å². The van der Waals surface area contributed by atoms with E-state index in [1.165, 1.54) is 15.4 Å². The van der Waals surface area contributed by atoms with E-state index in [0.717, 1.165) is 18.2 Å². The van der Waals surface area contributed by atoms with Gasteiger partial charge in [-0.05, 0) is 42.7 Å². The molecule has 1 aliphatic rings. The van der Waals surface area contributed by atoms with Gasteiger partial charge in [0, 0.05) is 24.1 Å². The quantitative estimate of drug-likeness (QED) is 0.799. The van der Waals surface area contributed by atoms with E-state index >= 15 is 0 Å². The molecule has 7 heteroatoms. The average Bonchev–Trinajstić information content (AvgIpc) is 2.84. The van der Waals surface area contributed by atoms with E-state index < -0.39 is 26.6 Å². The predicted octanol–water partition coefficient (Wildman–Crippen LogP) is 4.14. The lowest BCUT2D eigenvalue weighted by Gasteiger charge is -2.20. The fourth-order valence-electron chi connectivity index (χ4n) is 3.00. The Bertz CT molecular complexity index is 871. The van der Waals surface area contributed by atoms with Gasteiger partial charge in [0.2, 0.25) is 10.0 Å². The molecule has 25 heavy (non-hydrogen) atoms. The van der Waals surface area contributed by atoms with Crippen molar-refractivity contribution in [3.05, 3.63) is 65.2 Å². The van der Waals surface area contributed by atoms with Crippen LogP contribution in [-0.2, 0) is 10.0 Å². The summed E-state index contributed by atoms with van der Waals surface area (Å²) in [5.74, 6) is -1.08. The molecule has 0 bridgehead atoms. The lowest BCUT2D eigenvalue weighted by atomic mass is 10.0. The van der Waals surface area contributed by atoms with Gasteiger partial charge in [-0.2, -0.15) is 16.1 Å². The van der Waals surface area contributed by atoms with Crippen LogP contribution in [0.1, 0.15) is 22.8 Å². The molecule has 0 saturated carbocycles. The number of aryl methyl sites for hydroxylation is 1. The van der Waals surface area contributed by atoms with Crippen molar-refractivity contribution in [1.82, 2.24) is 4.31 Å². The Kier molecular flexibility index (Phi) is 5.46. The van der Waals surface area contributed by atoms with Gasteiger partial charge in [0.1, 0.15) is 16.5 Å². The first-order valence-electron chi connectivity index (χ1n) is 8.02. The maximum absolute atomic E-state index is 13.9. The molecule has 0 amide bonds. The summed E-state index contributed by atoms with van der Waals surface area (Å²) in [6, 6.07) is 10.6. The summed E-state index contributed by atoms with van der Waals surface area (Å²) in [5.41, 5.74) is 2.37. The Morgan fingerprint density at radius 3 is 2.64 bits per heavy atom. The molecule has 0 N–H and O–H groups in total. The summed E-state index contributed by atoms with van der Waals surface area (Å²) in [6.45, 7) is 2.60. The molecule has 1 heterocycles. The first kappa shape index (κ1) is 18.4. The van der Waals surface area contributed by atoms with Crippen LogP contribution in [0.2, 0.25) is 0 Å². The third-order valence-corrected chi connectivity index (χ3v) is 7.57. The summed E-state index contributed by atoms with van der Waals surface area (Å²) in [6.07, 6.45) is 0.631. The number of sulfonamides is 1. The highest BCUT2D eigenvalue weighted by molar-refractivity contribution is 7.99. The molecule has 3 nitrogen and oxygen atoms in total. The maximum atomic E-state index is 13.9. The van der Waals surface area contributed by atoms with Crippen LogP contribution in [0.3, 0.4) is 0 Å². The van der Waals surface area contributed by atoms with Crippen LogP contribution in [-0.4, -0.2) is 31.6 Å². The summed E-state index contributed by atoms with van der Waals surface area (Å²) in [5, 5.41) is 0.193. The molecule has 3 rings (SSSR count). The Labute approximate surface area is 151 Å². The van der Waals surface area contributed by atoms with Gasteiger partial charge in [0.25, 0.3) is 0 Å². The van der Waals surface area contributed by atoms with E-state index in [9.17, 15) is 17.2 Å². The number of nitrogens with zero attached hydrogens (tertiary/aromatic N) is 1. The average molecular weight is 383 g/mol. The van der Waals surface area contributed by atoms with Gasteiger partial charge in [-0.3, -0.25) is 0 Å². The molecule has 0 radical (unpaired) electrons. The van der Waals surface area contributed by atoms with E-state index in [2.05, 4.69) is 6.07 Å². The number of benzene rings is 2. The Balaban J connectivity index is 1.83. The normalized spacial score (nSPS) is 19.6. The van der Waals surface area contributed by atoms with E-state index in [1.54, 1.807) is 11.8 Å². The Hall–Kier alpha value is -1.44. The summed E-state index contributed by atoms with van der Waals surface area (Å²) in [7, 11) is -4.05. The third-order valence-electron chi connectivity index (χ3n) is 4.35. The van der Waals surface area contributed by atoms with Crippen LogP contribution in [0, 0.1) is 18.6 Å². The van der Waals surface area contributed by atoms with E-state index in [0.29, 0.717) is 12.2 Å². The van der Waals surface area contributed by atoms with Crippen LogP contribution >= 0.6 is 11.8 Å². The van der Waals surface area contributed by atoms with E-state index in [4.69, 9.17) is 0 Å². The second-order valence-electron chi connectivity index (χ2n) is 5.98. The number of hydrogen-bond acceptors (Lipinski definition) is 3. The van der Waals surface area contributed by atoms with Gasteiger partial charge in [-0.25, -0.2) is 17.2 Å². The summed E-state index contributed by atoms with van der Waals surface area (Å²) in [4.78, 5) is -0.591. The molecule has 1 unspecified atom stereocenters. The highest BCUT2D eigenvalue weighted by atomic mass is 32.2. The molecule has 1 fully saturated rings. The van der Waals surface area contributed by atoms with Crippen molar-refractivity contribution in [2.24, 2.45) is 0 Å². The minimum Gasteiger partial charge on any atom is -0.207 e. The molecule has 0 spiro atoms. The van der Waals surface area contributed by atoms with E-state index in [1.807, 2.05) is 25.1 Å². The third kappa shape index (κ3) is 3.88. The molecule has 2 aromatic rings. The number of hydrogen-bond donors (Lipinski definition) is 0. The number of thioether (sulfide) groups is 1. The molecule has 0 aromatic heterocycles. The second kappa shape index (κ2) is 7.43. The van der Waals surface area contributed by atoms with Gasteiger partial charge >= 0.3 is 0 Å². The minimum absolute atomic E-state index is 0.193. The monoisotopic (exact) mass is 383 g/mol. The first-order valence-corrected chi connectivity index (χ1v) is 10.5. The summed E-state index contributed by atoms with van der Waals surface area (Å²) >= 11 is 1.70. The van der Waals surface area contributed by atoms with Crippen molar-refractivity contribution >= 4 is 21.8 Å². The second-order valence-corrected chi connectivity index (χ2v) is 9.20. The molecule has 2 aromatic carbocycles. The first-order chi connectivity index (χ1) is 11.9. The largest absolute Gasteiger partial charge is 0.246 e. The fourth-order valence-corrected chi connectivity index (χ4v) is 5.97. The van der Waals surface area contributed by atoms with Crippen molar-refractivity contribution in [3.63, 3.8) is 0 Å². The minimum atomic E-state index is -4.05. The lowest BCUT2D eigenvalue weighted by molar-refractivity contribution is 0.423. The Morgan fingerprint density at radius 1 is 1.12 bits per heavy atom. The molecule has 134 valence electrons. The zero-order chi connectivity index (χ0) is 18.0. The fraction of sp³-hybridized carbons (Fsp3) is 0.333. The van der Waals surface area contributed by atoms with Gasteiger partial charge in [0.05, 0.1) is 0 Å². The van der Waals surface area contributed by atoms with Crippen LogP contribution in [0.15, 0.2) is 47.4 Å². The highest BCUT2D eigenvalue weighted by Gasteiger charge is 2.31. The Morgan fingerprint density at radius 2 is 1.88 bits per heavy atom. The van der Waals surface area contributed by atoms with Crippen LogP contribution in [0.5, 0.6) is 0 Å². The zero-order valence-corrected chi connectivity index (χ0v) is 15.4. The van der Waals surface area contributed by atoms with Crippen molar-refractivity contribution in [2.45, 2.75) is 23.5 Å². The van der Waals surface area contributed by atoms with Crippen molar-refractivity contribution in [1.29, 1.82) is 0 Å². The van der Waals surface area contributed by atoms with Crippen LogP contribution in [0.4, 0.5) is 8.78 Å². The smallest absolute Gasteiger partial charge is 0.207 e. The molecule has 1 aliphatic heterocycles. The highest BCUT2D eigenvalue weighted by Crippen LogP contribution is 2.37. The summed E-state index contributed by atoms with van der Waals surface area (Å²) < 4.78 is 54.1. The van der Waals surface area contributed by atoms with Gasteiger partial charge in [0.15, 0.2) is 0 Å². The molecular formula is C18H19F2NO2S2. The van der Waals surface area contributed by atoms with E-state index in [-0.39, 0.29) is 18.3 Å². The SMILES string of the molecule is Cc1ccccc1C1CCN(S(=O)(=O)c2cc(F)ccc2F)CCS1. The zero-order valence-electron chi connectivity index (χ0n) is 13.8. The van der Waals surface area contributed by atoms with Crippen molar-refractivity contribution < 1.29 is 17.2 Å². The number of halogens is 2. The molecular weight excluding hydrogens is 364 g/mol. The number of rotatable bonds is 3. The van der Waals surface area contributed by atoms with Crippen molar-refractivity contribution in [3.8, 4) is 0 Å². The molecule has 1 atom stereocenters. The van der Waals surface area contributed by atoms with Crippen LogP contribution < -0.4 is 0 Å². The molecule has 0 aliphatic carbocycles. The van der Waals surface area contributed by atoms with Gasteiger partial charge < -0.3 is 0 Å². The molecule has 1 saturated heterocycles. The standard InChI is InChI=1S/C18H19F2NO2S2/c1-13-4-2-3-5-15(13)17-8-9-21(10-11-24-17)25(22,23)18-12-14(19)6-7-16(18)20/h2-7,12,17H,8-11H2,1H3. The van der Waals surface area contributed by atoms with Crippen LogP contribution in [0.25, 0.3) is 0 Å². The predicted molar refractivity (Wildman–Crippen MR) is 96.1 cm³/mol.